The Morgan fingerprint density at radius 2 is 2.05 bits per heavy atom. The van der Waals surface area contributed by atoms with Crippen LogP contribution in [0.25, 0.3) is 11.1 Å². The standard InChI is InChI=1S/C17H20N2O2/c1-9-6-7-13(20-2)12(8-9)15-16(21-19-17(15)18)14-10-4-3-5-11(10)14/h6-8,10-11,14H,3-5H2,1-2H3,(H2,18,19). The molecular weight excluding hydrogens is 264 g/mol. The smallest absolute Gasteiger partial charge is 0.175 e. The van der Waals surface area contributed by atoms with Gasteiger partial charge in [-0.15, -0.1) is 0 Å². The highest BCUT2D eigenvalue weighted by Gasteiger charge is 2.56. The van der Waals surface area contributed by atoms with Gasteiger partial charge in [0, 0.05) is 11.5 Å². The van der Waals surface area contributed by atoms with Crippen LogP contribution in [0.2, 0.25) is 0 Å². The Balaban J connectivity index is 1.82. The van der Waals surface area contributed by atoms with Crippen LogP contribution < -0.4 is 10.5 Å². The maximum absolute atomic E-state index is 6.10. The number of hydrogen-bond donors (Lipinski definition) is 1. The number of aryl methyl sites for hydroxylation is 1. The molecule has 0 aliphatic heterocycles. The number of fused-ring (bicyclic) bond motifs is 1. The lowest BCUT2D eigenvalue weighted by atomic mass is 9.98. The molecule has 2 N–H and O–H groups in total. The summed E-state index contributed by atoms with van der Waals surface area (Å²) in [6.07, 6.45) is 3.96. The molecule has 2 aromatic rings. The molecule has 0 spiro atoms. The fourth-order valence-electron chi connectivity index (χ4n) is 4.04. The van der Waals surface area contributed by atoms with Gasteiger partial charge in [-0.3, -0.25) is 0 Å². The van der Waals surface area contributed by atoms with Crippen LogP contribution in [0.3, 0.4) is 0 Å². The van der Waals surface area contributed by atoms with E-state index in [4.69, 9.17) is 15.0 Å². The molecule has 2 unspecified atom stereocenters. The maximum atomic E-state index is 6.10. The molecule has 2 saturated carbocycles. The maximum Gasteiger partial charge on any atom is 0.175 e. The third-order valence-electron chi connectivity index (χ3n) is 5.08. The number of anilines is 1. The monoisotopic (exact) mass is 284 g/mol. The Kier molecular flexibility index (Phi) is 2.74. The zero-order valence-corrected chi connectivity index (χ0v) is 12.4. The summed E-state index contributed by atoms with van der Waals surface area (Å²) in [4.78, 5) is 0. The summed E-state index contributed by atoms with van der Waals surface area (Å²) < 4.78 is 11.1. The third-order valence-corrected chi connectivity index (χ3v) is 5.08. The van der Waals surface area contributed by atoms with Gasteiger partial charge in [0.25, 0.3) is 0 Å². The molecule has 1 aromatic heterocycles. The number of nitrogen functional groups attached to an aromatic ring is 1. The Hall–Kier alpha value is -1.97. The Bertz CT molecular complexity index is 682. The van der Waals surface area contributed by atoms with Crippen LogP contribution >= 0.6 is 0 Å². The van der Waals surface area contributed by atoms with E-state index in [-0.39, 0.29) is 0 Å². The number of nitrogens with zero attached hydrogens (tertiary/aromatic N) is 1. The van der Waals surface area contributed by atoms with Crippen molar-refractivity contribution in [2.75, 3.05) is 12.8 Å². The second-order valence-electron chi connectivity index (χ2n) is 6.30. The Morgan fingerprint density at radius 3 is 2.76 bits per heavy atom. The molecule has 4 rings (SSSR count). The first-order valence-electron chi connectivity index (χ1n) is 7.60. The lowest BCUT2D eigenvalue weighted by Crippen LogP contribution is -1.95. The van der Waals surface area contributed by atoms with Crippen LogP contribution in [-0.4, -0.2) is 12.3 Å². The Morgan fingerprint density at radius 1 is 1.29 bits per heavy atom. The van der Waals surface area contributed by atoms with E-state index < -0.39 is 0 Å². The van der Waals surface area contributed by atoms with Gasteiger partial charge in [0.05, 0.1) is 12.7 Å². The van der Waals surface area contributed by atoms with Gasteiger partial charge in [0.1, 0.15) is 5.75 Å². The highest BCUT2D eigenvalue weighted by atomic mass is 16.5. The van der Waals surface area contributed by atoms with E-state index in [0.717, 1.165) is 34.5 Å². The van der Waals surface area contributed by atoms with Gasteiger partial charge < -0.3 is 15.0 Å². The summed E-state index contributed by atoms with van der Waals surface area (Å²) in [6.45, 7) is 2.07. The zero-order valence-electron chi connectivity index (χ0n) is 12.4. The van der Waals surface area contributed by atoms with Crippen LogP contribution in [0.5, 0.6) is 5.75 Å². The van der Waals surface area contributed by atoms with Crippen molar-refractivity contribution in [2.45, 2.75) is 32.1 Å². The first kappa shape index (κ1) is 12.7. The minimum absolute atomic E-state index is 0.471. The van der Waals surface area contributed by atoms with Crippen LogP contribution in [0.15, 0.2) is 22.7 Å². The topological polar surface area (TPSA) is 61.3 Å². The first-order chi connectivity index (χ1) is 10.2. The molecule has 21 heavy (non-hydrogen) atoms. The van der Waals surface area contributed by atoms with Gasteiger partial charge >= 0.3 is 0 Å². The lowest BCUT2D eigenvalue weighted by Gasteiger charge is -2.10. The quantitative estimate of drug-likeness (QED) is 0.932. The fourth-order valence-corrected chi connectivity index (χ4v) is 4.04. The van der Waals surface area contributed by atoms with Gasteiger partial charge in [-0.05, 0) is 43.7 Å². The number of methoxy groups -OCH3 is 1. The molecule has 0 bridgehead atoms. The van der Waals surface area contributed by atoms with E-state index in [2.05, 4.69) is 18.1 Å². The van der Waals surface area contributed by atoms with E-state index in [0.29, 0.717) is 11.7 Å². The summed E-state index contributed by atoms with van der Waals surface area (Å²) in [5.41, 5.74) is 9.21. The van der Waals surface area contributed by atoms with Crippen molar-refractivity contribution in [1.82, 2.24) is 5.16 Å². The molecule has 2 fully saturated rings. The Labute approximate surface area is 124 Å². The summed E-state index contributed by atoms with van der Waals surface area (Å²) in [5.74, 6) is 4.30. The number of aromatic nitrogens is 1. The highest BCUT2D eigenvalue weighted by Crippen LogP contribution is 2.64. The second-order valence-corrected chi connectivity index (χ2v) is 6.30. The number of benzene rings is 1. The first-order valence-corrected chi connectivity index (χ1v) is 7.60. The van der Waals surface area contributed by atoms with Crippen LogP contribution in [0.4, 0.5) is 5.82 Å². The number of nitrogens with two attached hydrogens (primary N) is 1. The fraction of sp³-hybridized carbons (Fsp3) is 0.471. The van der Waals surface area contributed by atoms with Crippen molar-refractivity contribution in [3.8, 4) is 16.9 Å². The minimum Gasteiger partial charge on any atom is -0.496 e. The molecule has 4 heteroatoms. The molecule has 110 valence electrons. The molecular formula is C17H20N2O2. The normalized spacial score (nSPS) is 26.7. The van der Waals surface area contributed by atoms with Crippen molar-refractivity contribution in [3.63, 3.8) is 0 Å². The second kappa shape index (κ2) is 4.52. The lowest BCUT2D eigenvalue weighted by molar-refractivity contribution is 0.376. The van der Waals surface area contributed by atoms with E-state index in [1.54, 1.807) is 7.11 Å². The highest BCUT2D eigenvalue weighted by molar-refractivity contribution is 5.81. The number of rotatable bonds is 3. The van der Waals surface area contributed by atoms with Gasteiger partial charge in [0.15, 0.2) is 11.6 Å². The molecule has 1 heterocycles. The average molecular weight is 284 g/mol. The van der Waals surface area contributed by atoms with Crippen LogP contribution in [-0.2, 0) is 0 Å². The van der Waals surface area contributed by atoms with Gasteiger partial charge in [-0.25, -0.2) is 0 Å². The third kappa shape index (κ3) is 1.85. The predicted molar refractivity (Wildman–Crippen MR) is 81.2 cm³/mol. The molecule has 1 aromatic carbocycles. The van der Waals surface area contributed by atoms with E-state index in [9.17, 15) is 0 Å². The summed E-state index contributed by atoms with van der Waals surface area (Å²) in [7, 11) is 1.68. The largest absolute Gasteiger partial charge is 0.496 e. The van der Waals surface area contributed by atoms with E-state index in [1.807, 2.05) is 12.1 Å². The molecule has 0 radical (unpaired) electrons. The SMILES string of the molecule is COc1ccc(C)cc1-c1c(N)noc1C1C2CCCC21. The minimum atomic E-state index is 0.471. The summed E-state index contributed by atoms with van der Waals surface area (Å²) in [5, 5.41) is 4.03. The molecule has 0 amide bonds. The van der Waals surface area contributed by atoms with Crippen molar-refractivity contribution in [2.24, 2.45) is 11.8 Å². The van der Waals surface area contributed by atoms with Gasteiger partial charge in [-0.1, -0.05) is 23.2 Å². The van der Waals surface area contributed by atoms with E-state index in [1.165, 1.54) is 24.8 Å². The van der Waals surface area contributed by atoms with Crippen LogP contribution in [0.1, 0.15) is 36.5 Å². The number of hydrogen-bond acceptors (Lipinski definition) is 4. The van der Waals surface area contributed by atoms with Gasteiger partial charge in [-0.2, -0.15) is 0 Å². The molecule has 2 atom stereocenters. The predicted octanol–water partition coefficient (Wildman–Crippen LogP) is 3.75. The van der Waals surface area contributed by atoms with Crippen molar-refractivity contribution < 1.29 is 9.26 Å². The van der Waals surface area contributed by atoms with Gasteiger partial charge in [0.2, 0.25) is 0 Å². The van der Waals surface area contributed by atoms with Crippen molar-refractivity contribution in [3.05, 3.63) is 29.5 Å². The van der Waals surface area contributed by atoms with Crippen molar-refractivity contribution in [1.29, 1.82) is 0 Å². The molecule has 4 nitrogen and oxygen atoms in total. The average Bonchev–Trinajstić information content (AvgIpc) is 2.85. The summed E-state index contributed by atoms with van der Waals surface area (Å²) >= 11 is 0. The molecule has 0 saturated heterocycles. The number of ether oxygens (including phenoxy) is 1. The molecule has 2 aliphatic rings. The molecule has 2 aliphatic carbocycles. The van der Waals surface area contributed by atoms with Crippen LogP contribution in [0, 0.1) is 18.8 Å². The van der Waals surface area contributed by atoms with Crippen molar-refractivity contribution >= 4 is 5.82 Å². The van der Waals surface area contributed by atoms with E-state index >= 15 is 0 Å². The summed E-state index contributed by atoms with van der Waals surface area (Å²) in [6, 6.07) is 6.12. The zero-order chi connectivity index (χ0) is 14.6.